The molecule has 0 amide bonds. The summed E-state index contributed by atoms with van der Waals surface area (Å²) >= 11 is 0. The molecule has 0 bridgehead atoms. The fourth-order valence-electron chi connectivity index (χ4n) is 2.14. The van der Waals surface area contributed by atoms with Gasteiger partial charge in [-0.25, -0.2) is 0 Å². The van der Waals surface area contributed by atoms with E-state index in [2.05, 4.69) is 0 Å². The van der Waals surface area contributed by atoms with Crippen molar-refractivity contribution in [1.82, 2.24) is 8.61 Å². The second kappa shape index (κ2) is 4.97. The van der Waals surface area contributed by atoms with Gasteiger partial charge in [-0.2, -0.15) is 17.0 Å². The summed E-state index contributed by atoms with van der Waals surface area (Å²) in [6.07, 6.45) is 0.875. The van der Waals surface area contributed by atoms with Crippen molar-refractivity contribution in [3.8, 4) is 0 Å². The summed E-state index contributed by atoms with van der Waals surface area (Å²) in [5, 5.41) is 0. The summed E-state index contributed by atoms with van der Waals surface area (Å²) in [4.78, 5) is 0. The second-order valence-electron chi connectivity index (χ2n) is 4.27. The van der Waals surface area contributed by atoms with Crippen molar-refractivity contribution < 1.29 is 13.2 Å². The Balaban J connectivity index is 2.01. The van der Waals surface area contributed by atoms with Crippen LogP contribution in [0.1, 0.15) is 6.42 Å². The molecule has 0 saturated carbocycles. The lowest BCUT2D eigenvalue weighted by molar-refractivity contribution is 0.0705. The van der Waals surface area contributed by atoms with Crippen LogP contribution in [0.2, 0.25) is 0 Å². The van der Waals surface area contributed by atoms with E-state index in [0.29, 0.717) is 51.9 Å². The van der Waals surface area contributed by atoms with Gasteiger partial charge < -0.3 is 10.5 Å². The molecule has 0 spiro atoms. The van der Waals surface area contributed by atoms with Crippen molar-refractivity contribution in [1.29, 1.82) is 0 Å². The molecule has 0 radical (unpaired) electrons. The summed E-state index contributed by atoms with van der Waals surface area (Å²) in [7, 11) is -3.27. The monoisotopic (exact) mass is 249 g/mol. The number of ether oxygens (including phenoxy) is 1. The van der Waals surface area contributed by atoms with E-state index >= 15 is 0 Å². The summed E-state index contributed by atoms with van der Waals surface area (Å²) in [5.74, 6) is 0.316. The van der Waals surface area contributed by atoms with Gasteiger partial charge in [-0.1, -0.05) is 0 Å². The average molecular weight is 249 g/mol. The van der Waals surface area contributed by atoms with Crippen LogP contribution >= 0.6 is 0 Å². The van der Waals surface area contributed by atoms with Crippen LogP contribution in [0.3, 0.4) is 0 Å². The van der Waals surface area contributed by atoms with Gasteiger partial charge in [0.15, 0.2) is 0 Å². The SMILES string of the molecule is NCC1CCN(S(=O)(=O)N2CCOCC2)C1. The maximum atomic E-state index is 12.2. The van der Waals surface area contributed by atoms with Crippen LogP contribution < -0.4 is 5.73 Å². The molecule has 94 valence electrons. The molecule has 7 heteroatoms. The number of morpholine rings is 1. The smallest absolute Gasteiger partial charge is 0.282 e. The summed E-state index contributed by atoms with van der Waals surface area (Å²) in [6, 6.07) is 0. The van der Waals surface area contributed by atoms with Crippen molar-refractivity contribution in [3.63, 3.8) is 0 Å². The van der Waals surface area contributed by atoms with Crippen LogP contribution in [-0.2, 0) is 14.9 Å². The molecule has 16 heavy (non-hydrogen) atoms. The maximum absolute atomic E-state index is 12.2. The van der Waals surface area contributed by atoms with E-state index in [0.717, 1.165) is 6.42 Å². The fourth-order valence-corrected chi connectivity index (χ4v) is 3.81. The molecule has 0 aliphatic carbocycles. The molecular weight excluding hydrogens is 230 g/mol. The van der Waals surface area contributed by atoms with E-state index in [9.17, 15) is 8.42 Å². The Hall–Kier alpha value is -0.210. The number of hydrogen-bond donors (Lipinski definition) is 1. The molecule has 1 atom stereocenters. The molecule has 2 rings (SSSR count). The third-order valence-electron chi connectivity index (χ3n) is 3.20. The van der Waals surface area contributed by atoms with Crippen molar-refractivity contribution in [2.24, 2.45) is 11.7 Å². The van der Waals surface area contributed by atoms with E-state index in [1.807, 2.05) is 0 Å². The molecule has 2 aliphatic heterocycles. The van der Waals surface area contributed by atoms with Gasteiger partial charge >= 0.3 is 0 Å². The topological polar surface area (TPSA) is 75.9 Å². The first-order valence-corrected chi connectivity index (χ1v) is 7.07. The largest absolute Gasteiger partial charge is 0.379 e. The van der Waals surface area contributed by atoms with Crippen LogP contribution in [0.5, 0.6) is 0 Å². The number of rotatable bonds is 3. The molecular formula is C9H19N3O3S. The van der Waals surface area contributed by atoms with Gasteiger partial charge in [0, 0.05) is 26.2 Å². The minimum atomic E-state index is -3.27. The maximum Gasteiger partial charge on any atom is 0.282 e. The molecule has 2 saturated heterocycles. The highest BCUT2D eigenvalue weighted by atomic mass is 32.2. The Morgan fingerprint density at radius 2 is 1.88 bits per heavy atom. The number of hydrogen-bond acceptors (Lipinski definition) is 4. The molecule has 1 unspecified atom stereocenters. The zero-order valence-corrected chi connectivity index (χ0v) is 10.2. The van der Waals surface area contributed by atoms with Gasteiger partial charge in [0.1, 0.15) is 0 Å². The minimum absolute atomic E-state index is 0.316. The Morgan fingerprint density at radius 1 is 1.19 bits per heavy atom. The van der Waals surface area contributed by atoms with Gasteiger partial charge in [-0.3, -0.25) is 0 Å². The van der Waals surface area contributed by atoms with Crippen LogP contribution in [0.25, 0.3) is 0 Å². The zero-order chi connectivity index (χ0) is 11.6. The highest BCUT2D eigenvalue weighted by Crippen LogP contribution is 2.21. The molecule has 0 aromatic heterocycles. The first-order valence-electron chi connectivity index (χ1n) is 5.67. The third kappa shape index (κ3) is 2.38. The van der Waals surface area contributed by atoms with Crippen molar-refractivity contribution >= 4 is 10.2 Å². The first-order chi connectivity index (χ1) is 7.64. The molecule has 2 N–H and O–H groups in total. The molecule has 2 fully saturated rings. The molecule has 2 aliphatic rings. The second-order valence-corrected chi connectivity index (χ2v) is 6.20. The van der Waals surface area contributed by atoms with Crippen LogP contribution in [0.4, 0.5) is 0 Å². The third-order valence-corrected chi connectivity index (χ3v) is 5.21. The van der Waals surface area contributed by atoms with Crippen molar-refractivity contribution in [2.75, 3.05) is 45.9 Å². The lowest BCUT2D eigenvalue weighted by Gasteiger charge is -2.30. The van der Waals surface area contributed by atoms with Crippen LogP contribution in [-0.4, -0.2) is 63.0 Å². The fraction of sp³-hybridized carbons (Fsp3) is 1.00. The van der Waals surface area contributed by atoms with Gasteiger partial charge in [-0.15, -0.1) is 0 Å². The summed E-state index contributed by atoms with van der Waals surface area (Å²) in [6.45, 7) is 3.64. The quantitative estimate of drug-likeness (QED) is 0.685. The predicted molar refractivity (Wildman–Crippen MR) is 60.0 cm³/mol. The first kappa shape index (κ1) is 12.3. The van der Waals surface area contributed by atoms with Crippen LogP contribution in [0, 0.1) is 5.92 Å². The van der Waals surface area contributed by atoms with E-state index in [1.165, 1.54) is 4.31 Å². The Bertz CT molecular complexity index is 327. The summed E-state index contributed by atoms with van der Waals surface area (Å²) < 4.78 is 32.6. The highest BCUT2D eigenvalue weighted by molar-refractivity contribution is 7.86. The van der Waals surface area contributed by atoms with E-state index < -0.39 is 10.2 Å². The Morgan fingerprint density at radius 3 is 2.44 bits per heavy atom. The number of nitrogens with two attached hydrogens (primary N) is 1. The van der Waals surface area contributed by atoms with Crippen LogP contribution in [0.15, 0.2) is 0 Å². The van der Waals surface area contributed by atoms with Gasteiger partial charge in [0.05, 0.1) is 13.2 Å². The van der Waals surface area contributed by atoms with Gasteiger partial charge in [0.2, 0.25) is 0 Å². The highest BCUT2D eigenvalue weighted by Gasteiger charge is 2.35. The Kier molecular flexibility index (Phi) is 3.81. The normalized spacial score (nSPS) is 29.7. The average Bonchev–Trinajstić information content (AvgIpc) is 2.79. The standard InChI is InChI=1S/C9H19N3O3S/c10-7-9-1-2-12(8-9)16(13,14)11-3-5-15-6-4-11/h9H,1-8,10H2. The summed E-state index contributed by atoms with van der Waals surface area (Å²) in [5.41, 5.74) is 5.56. The lowest BCUT2D eigenvalue weighted by Crippen LogP contribution is -2.48. The Labute approximate surface area is 96.5 Å². The molecule has 0 aromatic rings. The minimum Gasteiger partial charge on any atom is -0.379 e. The molecule has 2 heterocycles. The zero-order valence-electron chi connectivity index (χ0n) is 9.34. The molecule has 6 nitrogen and oxygen atoms in total. The van der Waals surface area contributed by atoms with Gasteiger partial charge in [0.25, 0.3) is 10.2 Å². The van der Waals surface area contributed by atoms with Gasteiger partial charge in [-0.05, 0) is 18.9 Å². The predicted octanol–water partition coefficient (Wildman–Crippen LogP) is -1.16. The van der Waals surface area contributed by atoms with Crippen molar-refractivity contribution in [2.45, 2.75) is 6.42 Å². The van der Waals surface area contributed by atoms with Crippen molar-refractivity contribution in [3.05, 3.63) is 0 Å². The lowest BCUT2D eigenvalue weighted by atomic mass is 10.1. The van der Waals surface area contributed by atoms with E-state index in [1.54, 1.807) is 4.31 Å². The molecule has 0 aromatic carbocycles. The van der Waals surface area contributed by atoms with E-state index in [-0.39, 0.29) is 0 Å². The number of nitrogens with zero attached hydrogens (tertiary/aromatic N) is 2. The van der Waals surface area contributed by atoms with E-state index in [4.69, 9.17) is 10.5 Å².